The van der Waals surface area contributed by atoms with E-state index in [1.54, 1.807) is 6.07 Å². The number of aromatic carboxylic acids is 1. The Morgan fingerprint density at radius 2 is 1.65 bits per heavy atom. The molecule has 1 aliphatic carbocycles. The van der Waals surface area contributed by atoms with Crippen LogP contribution in [0.1, 0.15) is 10.4 Å². The molecular formula is C26H21F3N2O10S2. The van der Waals surface area contributed by atoms with Gasteiger partial charge in [-0.25, -0.2) is 18.0 Å². The Hall–Kier alpha value is -4.61. The van der Waals surface area contributed by atoms with Crippen molar-refractivity contribution in [2.24, 2.45) is 5.73 Å². The maximum absolute atomic E-state index is 12.4. The second-order valence-corrected chi connectivity index (χ2v) is 13.3. The van der Waals surface area contributed by atoms with Crippen LogP contribution in [0.2, 0.25) is 0 Å². The van der Waals surface area contributed by atoms with E-state index in [0.717, 1.165) is 6.26 Å². The lowest BCUT2D eigenvalue weighted by molar-refractivity contribution is -0.192. The molecule has 1 heterocycles. The van der Waals surface area contributed by atoms with Crippen molar-refractivity contribution in [1.29, 1.82) is 0 Å². The standard InChI is InChI=1S/C24H20N2O8S2.C2HF3O2/c1-36(32,33)35-11-19(25)23(29)26-12-2-5-15(18(8-12)24(30)31)22-16-6-3-13(27)9-20(16)34-21-10-14(28)4-7-17(21)22;3-2(4,5)1(6)7/h2-10,19,27H,11,25H2,1H3,(H,26,29)(H,30,31);(H,6,7)/t19-;/m1./s1. The summed E-state index contributed by atoms with van der Waals surface area (Å²) in [6, 6.07) is 11.6. The van der Waals surface area contributed by atoms with E-state index in [1.807, 2.05) is 0 Å². The van der Waals surface area contributed by atoms with Crippen LogP contribution < -0.4 is 16.5 Å². The van der Waals surface area contributed by atoms with Crippen LogP contribution in [0.25, 0.3) is 33.4 Å². The molecule has 0 saturated heterocycles. The van der Waals surface area contributed by atoms with Crippen molar-refractivity contribution < 1.29 is 55.7 Å². The first-order valence-electron chi connectivity index (χ1n) is 11.7. The molecule has 1 aliphatic heterocycles. The Labute approximate surface area is 243 Å². The van der Waals surface area contributed by atoms with Gasteiger partial charge in [-0.2, -0.15) is 13.2 Å². The molecule has 228 valence electrons. The fourth-order valence-electron chi connectivity index (χ4n) is 3.67. The Morgan fingerprint density at radius 1 is 1.02 bits per heavy atom. The molecular weight excluding hydrogens is 621 g/mol. The molecule has 43 heavy (non-hydrogen) atoms. The summed E-state index contributed by atoms with van der Waals surface area (Å²) in [5.74, 6) is -4.75. The number of anilines is 1. The number of rotatable bonds is 7. The second-order valence-electron chi connectivity index (χ2n) is 8.77. The highest BCUT2D eigenvalue weighted by atomic mass is 33.1. The number of carbonyl (C=O) groups excluding carboxylic acids is 1. The molecule has 4 rings (SSSR count). The highest BCUT2D eigenvalue weighted by Gasteiger charge is 2.38. The number of carboxylic acids is 2. The number of benzene rings is 3. The highest BCUT2D eigenvalue weighted by Crippen LogP contribution is 2.42. The van der Waals surface area contributed by atoms with E-state index in [-0.39, 0.29) is 45.1 Å². The van der Waals surface area contributed by atoms with Crippen molar-refractivity contribution in [3.63, 3.8) is 0 Å². The van der Waals surface area contributed by atoms with E-state index >= 15 is 0 Å². The molecule has 1 amide bonds. The molecule has 2 aromatic rings. The lowest BCUT2D eigenvalue weighted by atomic mass is 9.90. The van der Waals surface area contributed by atoms with Crippen molar-refractivity contribution in [2.45, 2.75) is 12.2 Å². The number of alkyl halides is 3. The van der Waals surface area contributed by atoms with Crippen molar-refractivity contribution >= 4 is 54.2 Å². The number of phenols is 1. The summed E-state index contributed by atoms with van der Waals surface area (Å²) in [6.07, 6.45) is -4.08. The topological polar surface area (TPSA) is 214 Å². The van der Waals surface area contributed by atoms with Gasteiger partial charge >= 0.3 is 18.1 Å². The number of amides is 1. The predicted octanol–water partition coefficient (Wildman–Crippen LogP) is 3.56. The van der Waals surface area contributed by atoms with Crippen LogP contribution in [0, 0.1) is 0 Å². The first-order valence-corrected chi connectivity index (χ1v) is 15.0. The van der Waals surface area contributed by atoms with Gasteiger partial charge < -0.3 is 30.8 Å². The molecule has 2 aliphatic rings. The lowest BCUT2D eigenvalue weighted by Gasteiger charge is -2.18. The molecule has 17 heteroatoms. The first kappa shape index (κ1) is 32.9. The number of hydrogen-bond donors (Lipinski definition) is 5. The minimum atomic E-state index is -5.08. The number of phenolic OH excluding ortho intramolecular Hbond substituents is 1. The summed E-state index contributed by atoms with van der Waals surface area (Å²) in [5.41, 5.74) is 6.92. The summed E-state index contributed by atoms with van der Waals surface area (Å²) in [6.45, 7) is 0. The number of aliphatic carboxylic acids is 1. The molecule has 12 nitrogen and oxygen atoms in total. The quantitative estimate of drug-likeness (QED) is 0.145. The van der Waals surface area contributed by atoms with Crippen molar-refractivity contribution in [3.8, 4) is 28.2 Å². The van der Waals surface area contributed by atoms with E-state index in [0.29, 0.717) is 27.3 Å². The monoisotopic (exact) mass is 642 g/mol. The number of carboxylic acid groups (broad SMARTS) is 2. The Balaban J connectivity index is 0.000000646. The Morgan fingerprint density at radius 3 is 2.23 bits per heavy atom. The zero-order chi connectivity index (χ0) is 32.3. The van der Waals surface area contributed by atoms with Crippen LogP contribution in [0.5, 0.6) is 5.75 Å². The molecule has 0 bridgehead atoms. The number of nitrogens with two attached hydrogens (primary N) is 1. The van der Waals surface area contributed by atoms with E-state index < -0.39 is 38.9 Å². The van der Waals surface area contributed by atoms with Gasteiger partial charge in [0.15, 0.2) is 14.3 Å². The molecule has 0 spiro atoms. The number of carbonyl (C=O) groups is 3. The van der Waals surface area contributed by atoms with Crippen LogP contribution >= 0.6 is 10.8 Å². The van der Waals surface area contributed by atoms with E-state index in [1.165, 1.54) is 48.5 Å². The fraction of sp³-hybridized carbons (Fsp3) is 0.154. The van der Waals surface area contributed by atoms with E-state index in [9.17, 15) is 46.2 Å². The molecule has 0 unspecified atom stereocenters. The van der Waals surface area contributed by atoms with Gasteiger partial charge in [-0.05, 0) is 52.8 Å². The van der Waals surface area contributed by atoms with Crippen LogP contribution in [0.15, 0.2) is 63.8 Å². The maximum Gasteiger partial charge on any atom is 0.490 e. The van der Waals surface area contributed by atoms with Crippen molar-refractivity contribution in [2.75, 3.05) is 17.3 Å². The van der Waals surface area contributed by atoms with Crippen molar-refractivity contribution in [1.82, 2.24) is 0 Å². The van der Waals surface area contributed by atoms with Gasteiger partial charge in [0.1, 0.15) is 17.1 Å². The van der Waals surface area contributed by atoms with Crippen LogP contribution in [-0.2, 0) is 18.5 Å². The number of hydrogen-bond acceptors (Lipinski definition) is 10. The van der Waals surface area contributed by atoms with Gasteiger partial charge in [-0.3, -0.25) is 9.59 Å². The summed E-state index contributed by atoms with van der Waals surface area (Å²) < 4.78 is 60.1. The van der Waals surface area contributed by atoms with Crippen LogP contribution in [0.4, 0.5) is 18.9 Å². The van der Waals surface area contributed by atoms with E-state index in [2.05, 4.69) is 5.32 Å². The van der Waals surface area contributed by atoms with Gasteiger partial charge in [0.2, 0.25) is 5.91 Å². The Kier molecular flexibility index (Phi) is 9.73. The molecule has 0 radical (unpaired) electrons. The minimum Gasteiger partial charge on any atom is -0.508 e. The predicted molar refractivity (Wildman–Crippen MR) is 151 cm³/mol. The smallest absolute Gasteiger partial charge is 0.490 e. The second kappa shape index (κ2) is 12.7. The van der Waals surface area contributed by atoms with Crippen LogP contribution in [-0.4, -0.2) is 65.8 Å². The summed E-state index contributed by atoms with van der Waals surface area (Å²) >= 11 is 0. The average Bonchev–Trinajstić information content (AvgIpc) is 2.89. The number of nitrogens with one attached hydrogen (secondary N) is 1. The normalized spacial score (nSPS) is 12.3. The maximum atomic E-state index is 12.4. The molecule has 2 aromatic carbocycles. The number of aromatic hydroxyl groups is 1. The average molecular weight is 643 g/mol. The molecule has 0 saturated carbocycles. The molecule has 0 fully saturated rings. The largest absolute Gasteiger partial charge is 0.508 e. The van der Waals surface area contributed by atoms with Crippen LogP contribution in [0.3, 0.4) is 0 Å². The highest BCUT2D eigenvalue weighted by molar-refractivity contribution is 8.71. The third kappa shape index (κ3) is 8.46. The third-order valence-electron chi connectivity index (χ3n) is 5.50. The SMILES string of the molecule is CS(=O)(=O)SC[C@@H](N)C(=O)Nc1ccc(-c2c3ccc(=O)cc-3oc3cc(O)ccc23)c(C(=O)O)c1.O=C(O)C(F)(F)F. The van der Waals surface area contributed by atoms with E-state index in [4.69, 9.17) is 20.1 Å². The van der Waals surface area contributed by atoms with Gasteiger partial charge in [-0.15, -0.1) is 0 Å². The third-order valence-corrected chi connectivity index (χ3v) is 8.12. The minimum absolute atomic E-state index is 0.0725. The van der Waals surface area contributed by atoms with Crippen molar-refractivity contribution in [3.05, 3.63) is 70.4 Å². The zero-order valence-electron chi connectivity index (χ0n) is 21.7. The van der Waals surface area contributed by atoms with Gasteiger partial charge in [0, 0.05) is 46.3 Å². The fourth-order valence-corrected chi connectivity index (χ4v) is 5.40. The van der Waals surface area contributed by atoms with Gasteiger partial charge in [-0.1, -0.05) is 6.07 Å². The molecule has 6 N–H and O–H groups in total. The molecule has 0 aromatic heterocycles. The van der Waals surface area contributed by atoms with Gasteiger partial charge in [0.05, 0.1) is 11.6 Å². The summed E-state index contributed by atoms with van der Waals surface area (Å²) in [5, 5.41) is 30.0. The number of fused-ring (bicyclic) bond motifs is 2. The summed E-state index contributed by atoms with van der Waals surface area (Å²) in [7, 11) is -2.85. The zero-order valence-corrected chi connectivity index (χ0v) is 23.3. The first-order chi connectivity index (χ1) is 19.9. The number of halogens is 3. The van der Waals surface area contributed by atoms with Gasteiger partial charge in [0.25, 0.3) is 0 Å². The Bertz CT molecular complexity index is 1860. The molecule has 1 atom stereocenters. The summed E-state index contributed by atoms with van der Waals surface area (Å²) in [4.78, 5) is 45.5. The lowest BCUT2D eigenvalue weighted by Crippen LogP contribution is -2.38.